The number of halogens is 3. The number of anilines is 1. The Hall–Kier alpha value is -3.23. The molecule has 0 spiro atoms. The Morgan fingerprint density at radius 3 is 2.39 bits per heavy atom. The molecule has 6 nitrogen and oxygen atoms in total. The van der Waals surface area contributed by atoms with Crippen LogP contribution in [0.25, 0.3) is 0 Å². The van der Waals surface area contributed by atoms with Gasteiger partial charge in [-0.3, -0.25) is 9.59 Å². The fourth-order valence-electron chi connectivity index (χ4n) is 2.65. The molecule has 2 aromatic carbocycles. The molecule has 148 valence electrons. The van der Waals surface area contributed by atoms with Crippen LogP contribution in [0.5, 0.6) is 11.5 Å². The van der Waals surface area contributed by atoms with Crippen molar-refractivity contribution in [1.29, 1.82) is 0 Å². The first kappa shape index (κ1) is 19.5. The number of nitrogens with one attached hydrogen (secondary N) is 2. The van der Waals surface area contributed by atoms with Crippen LogP contribution < -0.4 is 20.1 Å². The quantitative estimate of drug-likeness (QED) is 0.813. The maximum absolute atomic E-state index is 13.8. The van der Waals surface area contributed by atoms with Gasteiger partial charge in [0.2, 0.25) is 5.91 Å². The number of rotatable bonds is 5. The lowest BCUT2D eigenvalue weighted by Crippen LogP contribution is -2.47. The molecule has 1 aliphatic heterocycles. The van der Waals surface area contributed by atoms with Gasteiger partial charge >= 0.3 is 6.29 Å². The van der Waals surface area contributed by atoms with Gasteiger partial charge in [0, 0.05) is 11.8 Å². The minimum absolute atomic E-state index is 0.156. The van der Waals surface area contributed by atoms with Crippen molar-refractivity contribution in [2.24, 2.45) is 5.92 Å². The third kappa shape index (κ3) is 4.19. The summed E-state index contributed by atoms with van der Waals surface area (Å²) in [6.07, 6.45) is -3.76. The molecular formula is C19H17F3N2O4. The van der Waals surface area contributed by atoms with E-state index >= 15 is 0 Å². The second kappa shape index (κ2) is 7.41. The molecular weight excluding hydrogens is 377 g/mol. The minimum atomic E-state index is -3.76. The van der Waals surface area contributed by atoms with Crippen LogP contribution in [0.1, 0.15) is 24.2 Å². The monoisotopic (exact) mass is 394 g/mol. The number of amides is 2. The molecule has 2 amide bonds. The molecule has 1 heterocycles. The smallest absolute Gasteiger partial charge is 0.395 e. The van der Waals surface area contributed by atoms with E-state index in [0.29, 0.717) is 0 Å². The molecule has 2 N–H and O–H groups in total. The summed E-state index contributed by atoms with van der Waals surface area (Å²) in [5, 5.41) is 5.02. The zero-order valence-electron chi connectivity index (χ0n) is 15.0. The third-order valence-electron chi connectivity index (χ3n) is 4.02. The van der Waals surface area contributed by atoms with Crippen molar-refractivity contribution in [1.82, 2.24) is 5.32 Å². The minimum Gasteiger partial charge on any atom is -0.395 e. The maximum Gasteiger partial charge on any atom is 0.586 e. The van der Waals surface area contributed by atoms with E-state index in [1.807, 2.05) is 0 Å². The lowest BCUT2D eigenvalue weighted by atomic mass is 10.0. The fraction of sp³-hybridized carbons (Fsp3) is 0.263. The van der Waals surface area contributed by atoms with Crippen molar-refractivity contribution in [3.05, 3.63) is 53.8 Å². The van der Waals surface area contributed by atoms with Gasteiger partial charge in [-0.15, -0.1) is 8.78 Å². The molecule has 0 aromatic heterocycles. The number of fused-ring (bicyclic) bond motifs is 1. The van der Waals surface area contributed by atoms with Gasteiger partial charge < -0.3 is 20.1 Å². The van der Waals surface area contributed by atoms with E-state index in [2.05, 4.69) is 20.1 Å². The Bertz CT molecular complexity index is 918. The van der Waals surface area contributed by atoms with E-state index < -0.39 is 30.0 Å². The summed E-state index contributed by atoms with van der Waals surface area (Å²) in [6.45, 7) is 3.40. The molecule has 28 heavy (non-hydrogen) atoms. The second-order valence-corrected chi connectivity index (χ2v) is 6.49. The van der Waals surface area contributed by atoms with Crippen LogP contribution in [0.3, 0.4) is 0 Å². The lowest BCUT2D eigenvalue weighted by molar-refractivity contribution is -0.286. The lowest BCUT2D eigenvalue weighted by Gasteiger charge is -2.22. The van der Waals surface area contributed by atoms with Crippen LogP contribution >= 0.6 is 0 Å². The van der Waals surface area contributed by atoms with Crippen LogP contribution in [0.4, 0.5) is 18.9 Å². The normalized spacial score (nSPS) is 15.2. The van der Waals surface area contributed by atoms with E-state index in [1.54, 1.807) is 13.8 Å². The molecule has 0 aliphatic carbocycles. The van der Waals surface area contributed by atoms with Crippen molar-refractivity contribution >= 4 is 17.5 Å². The van der Waals surface area contributed by atoms with E-state index in [-0.39, 0.29) is 28.7 Å². The maximum atomic E-state index is 13.8. The number of carbonyl (C=O) groups excluding carboxylic acids is 2. The number of carbonyl (C=O) groups is 2. The van der Waals surface area contributed by atoms with Gasteiger partial charge in [-0.05, 0) is 30.2 Å². The highest BCUT2D eigenvalue weighted by atomic mass is 19.3. The molecule has 1 aliphatic rings. The number of benzene rings is 2. The highest BCUT2D eigenvalue weighted by molar-refractivity contribution is 6.01. The van der Waals surface area contributed by atoms with Crippen LogP contribution in [0, 0.1) is 11.7 Å². The summed E-state index contributed by atoms with van der Waals surface area (Å²) in [5.74, 6) is -2.74. The van der Waals surface area contributed by atoms with Gasteiger partial charge in [-0.1, -0.05) is 26.0 Å². The Morgan fingerprint density at radius 1 is 1.04 bits per heavy atom. The van der Waals surface area contributed by atoms with Crippen LogP contribution in [0.15, 0.2) is 42.5 Å². The van der Waals surface area contributed by atoms with E-state index in [1.165, 1.54) is 36.4 Å². The molecule has 1 unspecified atom stereocenters. The molecule has 2 aromatic rings. The first-order valence-corrected chi connectivity index (χ1v) is 8.42. The standard InChI is InChI=1S/C19H17F3N2O4/c1-10(2)16(24-17(25)12-5-3-4-6-13(12)20)18(26)23-11-7-8-14-15(9-11)28-19(21,22)27-14/h3-10,16H,1-2H3,(H,23,26)(H,24,25). The van der Waals surface area contributed by atoms with Gasteiger partial charge in [0.25, 0.3) is 5.91 Å². The van der Waals surface area contributed by atoms with Crippen molar-refractivity contribution in [3.63, 3.8) is 0 Å². The molecule has 0 fully saturated rings. The number of ether oxygens (including phenoxy) is 2. The van der Waals surface area contributed by atoms with Gasteiger partial charge in [0.15, 0.2) is 11.5 Å². The van der Waals surface area contributed by atoms with Gasteiger partial charge in [-0.2, -0.15) is 0 Å². The highest BCUT2D eigenvalue weighted by Crippen LogP contribution is 2.42. The van der Waals surface area contributed by atoms with E-state index in [4.69, 9.17) is 0 Å². The average molecular weight is 394 g/mol. The number of alkyl halides is 2. The summed E-state index contributed by atoms with van der Waals surface area (Å²) in [5.41, 5.74) is -0.0119. The largest absolute Gasteiger partial charge is 0.586 e. The summed E-state index contributed by atoms with van der Waals surface area (Å²) >= 11 is 0. The van der Waals surface area contributed by atoms with E-state index in [9.17, 15) is 22.8 Å². The van der Waals surface area contributed by atoms with Crippen molar-refractivity contribution in [2.75, 3.05) is 5.32 Å². The molecule has 0 bridgehead atoms. The predicted molar refractivity (Wildman–Crippen MR) is 93.8 cm³/mol. The number of hydrogen-bond acceptors (Lipinski definition) is 4. The van der Waals surface area contributed by atoms with Gasteiger partial charge in [-0.25, -0.2) is 4.39 Å². The zero-order valence-corrected chi connectivity index (χ0v) is 15.0. The molecule has 9 heteroatoms. The highest BCUT2D eigenvalue weighted by Gasteiger charge is 2.43. The first-order chi connectivity index (χ1) is 13.2. The van der Waals surface area contributed by atoms with Crippen LogP contribution in [-0.2, 0) is 4.79 Å². The number of hydrogen-bond donors (Lipinski definition) is 2. The topological polar surface area (TPSA) is 76.7 Å². The average Bonchev–Trinajstić information content (AvgIpc) is 2.92. The molecule has 1 atom stereocenters. The van der Waals surface area contributed by atoms with Crippen LogP contribution in [-0.4, -0.2) is 24.2 Å². The summed E-state index contributed by atoms with van der Waals surface area (Å²) in [6, 6.07) is 8.18. The van der Waals surface area contributed by atoms with Crippen molar-refractivity contribution in [2.45, 2.75) is 26.2 Å². The Morgan fingerprint density at radius 2 is 1.71 bits per heavy atom. The zero-order chi connectivity index (χ0) is 20.5. The van der Waals surface area contributed by atoms with Crippen molar-refractivity contribution < 1.29 is 32.2 Å². The Balaban J connectivity index is 1.72. The van der Waals surface area contributed by atoms with Gasteiger partial charge in [0.05, 0.1) is 5.56 Å². The SMILES string of the molecule is CC(C)C(NC(=O)c1ccccc1F)C(=O)Nc1ccc2c(c1)OC(F)(F)O2. The second-order valence-electron chi connectivity index (χ2n) is 6.49. The fourth-order valence-corrected chi connectivity index (χ4v) is 2.65. The van der Waals surface area contributed by atoms with E-state index in [0.717, 1.165) is 6.07 Å². The van der Waals surface area contributed by atoms with Crippen LogP contribution in [0.2, 0.25) is 0 Å². The molecule has 0 saturated heterocycles. The summed E-state index contributed by atoms with van der Waals surface area (Å²) in [4.78, 5) is 24.9. The molecule has 0 saturated carbocycles. The Labute approximate surface area is 158 Å². The summed E-state index contributed by atoms with van der Waals surface area (Å²) < 4.78 is 48.6. The van der Waals surface area contributed by atoms with Gasteiger partial charge in [0.1, 0.15) is 11.9 Å². The third-order valence-corrected chi connectivity index (χ3v) is 4.02. The summed E-state index contributed by atoms with van der Waals surface area (Å²) in [7, 11) is 0. The molecule has 0 radical (unpaired) electrons. The van der Waals surface area contributed by atoms with Crippen molar-refractivity contribution in [3.8, 4) is 11.5 Å². The predicted octanol–water partition coefficient (Wildman–Crippen LogP) is 3.54. The Kier molecular flexibility index (Phi) is 5.17. The molecule has 3 rings (SSSR count). The first-order valence-electron chi connectivity index (χ1n) is 8.42.